The third kappa shape index (κ3) is 3.31. The first-order valence-corrected chi connectivity index (χ1v) is 7.24. The van der Waals surface area contributed by atoms with Crippen LogP contribution in [0.2, 0.25) is 0 Å². The summed E-state index contributed by atoms with van der Waals surface area (Å²) in [6.45, 7) is 0.216. The van der Waals surface area contributed by atoms with Crippen molar-refractivity contribution in [1.82, 2.24) is 15.3 Å². The van der Waals surface area contributed by atoms with Gasteiger partial charge in [0.05, 0.1) is 0 Å². The summed E-state index contributed by atoms with van der Waals surface area (Å²) in [6, 6.07) is 11.4. The molecule has 0 aliphatic heterocycles. The Morgan fingerprint density at radius 2 is 2.12 bits per heavy atom. The largest absolute Gasteiger partial charge is 0.347 e. The summed E-state index contributed by atoms with van der Waals surface area (Å²) in [7, 11) is 0. The van der Waals surface area contributed by atoms with Crippen molar-refractivity contribution in [3.05, 3.63) is 71.3 Å². The minimum atomic E-state index is -0.486. The normalized spacial score (nSPS) is 11.2. The smallest absolute Gasteiger partial charge is 0.262 e. The third-order valence-corrected chi connectivity index (χ3v) is 3.51. The van der Waals surface area contributed by atoms with Crippen molar-refractivity contribution in [2.45, 2.75) is 6.54 Å². The second-order valence-corrected chi connectivity index (χ2v) is 5.12. The van der Waals surface area contributed by atoms with E-state index in [1.807, 2.05) is 12.1 Å². The van der Waals surface area contributed by atoms with Gasteiger partial charge in [-0.05, 0) is 35.9 Å². The molecule has 1 aromatic carbocycles. The summed E-state index contributed by atoms with van der Waals surface area (Å²) in [6.07, 6.45) is 4.87. The Labute approximate surface area is 137 Å². The fraction of sp³-hybridized carbons (Fsp3) is 0.0556. The molecule has 6 heteroatoms. The van der Waals surface area contributed by atoms with Crippen molar-refractivity contribution in [1.29, 1.82) is 5.26 Å². The van der Waals surface area contributed by atoms with Crippen LogP contribution in [-0.4, -0.2) is 15.9 Å². The minimum Gasteiger partial charge on any atom is -0.347 e. The number of aromatic nitrogens is 2. The molecule has 0 aliphatic rings. The molecule has 0 bridgehead atoms. The third-order valence-electron chi connectivity index (χ3n) is 3.51. The summed E-state index contributed by atoms with van der Waals surface area (Å²) < 4.78 is 12.9. The number of aromatic amines is 1. The van der Waals surface area contributed by atoms with E-state index in [4.69, 9.17) is 0 Å². The van der Waals surface area contributed by atoms with Gasteiger partial charge in [-0.25, -0.2) is 9.37 Å². The molecule has 0 saturated carbocycles. The van der Waals surface area contributed by atoms with Gasteiger partial charge in [-0.2, -0.15) is 5.26 Å². The lowest BCUT2D eigenvalue weighted by Crippen LogP contribution is -2.23. The van der Waals surface area contributed by atoms with Crippen LogP contribution in [0.25, 0.3) is 17.1 Å². The highest BCUT2D eigenvalue weighted by Crippen LogP contribution is 2.18. The number of benzene rings is 1. The maximum absolute atomic E-state index is 12.9. The Kier molecular flexibility index (Phi) is 4.34. The highest BCUT2D eigenvalue weighted by Gasteiger charge is 2.10. The number of nitrogens with one attached hydrogen (secondary N) is 2. The first-order chi connectivity index (χ1) is 11.7. The fourth-order valence-electron chi connectivity index (χ4n) is 2.28. The van der Waals surface area contributed by atoms with Crippen LogP contribution in [0.4, 0.5) is 4.39 Å². The number of hydrogen-bond acceptors (Lipinski definition) is 3. The van der Waals surface area contributed by atoms with Gasteiger partial charge in [0.2, 0.25) is 0 Å². The lowest BCUT2D eigenvalue weighted by Gasteiger charge is -2.04. The first kappa shape index (κ1) is 15.4. The average molecular weight is 320 g/mol. The van der Waals surface area contributed by atoms with Crippen LogP contribution in [0, 0.1) is 17.1 Å². The number of hydrogen-bond donors (Lipinski definition) is 2. The van der Waals surface area contributed by atoms with E-state index in [-0.39, 0.29) is 17.9 Å². The molecule has 0 fully saturated rings. The van der Waals surface area contributed by atoms with Crippen molar-refractivity contribution in [3.8, 4) is 6.07 Å². The van der Waals surface area contributed by atoms with E-state index in [1.54, 1.807) is 30.6 Å². The van der Waals surface area contributed by atoms with Gasteiger partial charge in [0.25, 0.3) is 5.91 Å². The van der Waals surface area contributed by atoms with Crippen LogP contribution in [-0.2, 0) is 11.3 Å². The zero-order valence-corrected chi connectivity index (χ0v) is 12.6. The molecule has 2 aromatic heterocycles. The standard InChI is InChI=1S/C18H13FN4O/c19-15-5-3-12(4-6-15)10-23-18(24)13(9-20)8-14-11-22-17-16(14)2-1-7-21-17/h1-8,11H,10H2,(H,21,22)(H,23,24)/b13-8+. The Bertz CT molecular complexity index is 951. The molecular formula is C18H13FN4O. The zero-order valence-electron chi connectivity index (χ0n) is 12.6. The van der Waals surface area contributed by atoms with E-state index in [1.165, 1.54) is 18.2 Å². The number of nitriles is 1. The number of H-pyrrole nitrogens is 1. The molecule has 2 N–H and O–H groups in total. The molecule has 0 aliphatic carbocycles. The highest BCUT2D eigenvalue weighted by atomic mass is 19.1. The number of carbonyl (C=O) groups excluding carboxylic acids is 1. The van der Waals surface area contributed by atoms with E-state index in [0.29, 0.717) is 11.2 Å². The SMILES string of the molecule is N#C/C(=C\c1c[nH]c2ncccc12)C(=O)NCc1ccc(F)cc1. The summed E-state index contributed by atoms with van der Waals surface area (Å²) >= 11 is 0. The number of rotatable bonds is 4. The topological polar surface area (TPSA) is 81.6 Å². The van der Waals surface area contributed by atoms with Gasteiger partial charge in [0.1, 0.15) is 23.1 Å². The van der Waals surface area contributed by atoms with Crippen molar-refractivity contribution < 1.29 is 9.18 Å². The second kappa shape index (κ2) is 6.75. The number of carbonyl (C=O) groups is 1. The molecule has 0 unspecified atom stereocenters. The van der Waals surface area contributed by atoms with E-state index < -0.39 is 5.91 Å². The molecule has 0 radical (unpaired) electrons. The zero-order chi connectivity index (χ0) is 16.9. The monoisotopic (exact) mass is 320 g/mol. The van der Waals surface area contributed by atoms with Crippen molar-refractivity contribution in [2.75, 3.05) is 0 Å². The Morgan fingerprint density at radius 3 is 2.88 bits per heavy atom. The van der Waals surface area contributed by atoms with Gasteiger partial charge >= 0.3 is 0 Å². The molecular weight excluding hydrogens is 307 g/mol. The van der Waals surface area contributed by atoms with E-state index in [0.717, 1.165) is 10.9 Å². The van der Waals surface area contributed by atoms with Crippen molar-refractivity contribution in [3.63, 3.8) is 0 Å². The maximum Gasteiger partial charge on any atom is 0.262 e. The summed E-state index contributed by atoms with van der Waals surface area (Å²) in [5.74, 6) is -0.823. The van der Waals surface area contributed by atoms with Crippen LogP contribution in [0.5, 0.6) is 0 Å². The number of amides is 1. The maximum atomic E-state index is 12.9. The van der Waals surface area contributed by atoms with Gasteiger partial charge in [-0.15, -0.1) is 0 Å². The van der Waals surface area contributed by atoms with Crippen LogP contribution in [0.15, 0.2) is 54.4 Å². The summed E-state index contributed by atoms with van der Waals surface area (Å²) in [4.78, 5) is 19.3. The second-order valence-electron chi connectivity index (χ2n) is 5.12. The Hall–Kier alpha value is -3.46. The van der Waals surface area contributed by atoms with E-state index >= 15 is 0 Å². The molecule has 5 nitrogen and oxygen atoms in total. The highest BCUT2D eigenvalue weighted by molar-refractivity contribution is 6.03. The van der Waals surface area contributed by atoms with Crippen LogP contribution >= 0.6 is 0 Å². The molecule has 118 valence electrons. The molecule has 3 rings (SSSR count). The number of halogens is 1. The molecule has 0 saturated heterocycles. The van der Waals surface area contributed by atoms with E-state index in [9.17, 15) is 14.4 Å². The Morgan fingerprint density at radius 1 is 1.33 bits per heavy atom. The first-order valence-electron chi connectivity index (χ1n) is 7.24. The molecule has 0 spiro atoms. The molecule has 0 atom stereocenters. The summed E-state index contributed by atoms with van der Waals surface area (Å²) in [5, 5.41) is 12.7. The quantitative estimate of drug-likeness (QED) is 0.573. The van der Waals surface area contributed by atoms with Crippen LogP contribution < -0.4 is 5.32 Å². The van der Waals surface area contributed by atoms with Gasteiger partial charge in [-0.3, -0.25) is 4.79 Å². The van der Waals surface area contributed by atoms with Gasteiger partial charge in [-0.1, -0.05) is 12.1 Å². The Balaban J connectivity index is 1.76. The molecule has 2 heterocycles. The predicted octanol–water partition coefficient (Wildman–Crippen LogP) is 2.93. The van der Waals surface area contributed by atoms with Gasteiger partial charge < -0.3 is 10.3 Å². The van der Waals surface area contributed by atoms with Gasteiger partial charge in [0.15, 0.2) is 0 Å². The number of fused-ring (bicyclic) bond motifs is 1. The van der Waals surface area contributed by atoms with Crippen molar-refractivity contribution in [2.24, 2.45) is 0 Å². The molecule has 1 amide bonds. The number of pyridine rings is 1. The molecule has 3 aromatic rings. The van der Waals surface area contributed by atoms with E-state index in [2.05, 4.69) is 15.3 Å². The summed E-state index contributed by atoms with van der Waals surface area (Å²) in [5.41, 5.74) is 2.14. The van der Waals surface area contributed by atoms with Crippen molar-refractivity contribution >= 4 is 23.0 Å². The average Bonchev–Trinajstić information content (AvgIpc) is 3.02. The predicted molar refractivity (Wildman–Crippen MR) is 87.9 cm³/mol. The number of nitrogens with zero attached hydrogens (tertiary/aromatic N) is 2. The lowest BCUT2D eigenvalue weighted by atomic mass is 10.1. The molecule has 24 heavy (non-hydrogen) atoms. The van der Waals surface area contributed by atoms with Gasteiger partial charge in [0, 0.05) is 29.9 Å². The fourth-order valence-corrected chi connectivity index (χ4v) is 2.28. The lowest BCUT2D eigenvalue weighted by molar-refractivity contribution is -0.117. The minimum absolute atomic E-state index is 0.0122. The van der Waals surface area contributed by atoms with Crippen LogP contribution in [0.1, 0.15) is 11.1 Å². The van der Waals surface area contributed by atoms with Crippen LogP contribution in [0.3, 0.4) is 0 Å².